The molecule has 1 aromatic carbocycles. The van der Waals surface area contributed by atoms with Crippen LogP contribution in [0.4, 0.5) is 0 Å². The van der Waals surface area contributed by atoms with Gasteiger partial charge in [-0.05, 0) is 32.9 Å². The van der Waals surface area contributed by atoms with Gasteiger partial charge in [0.1, 0.15) is 5.76 Å². The summed E-state index contributed by atoms with van der Waals surface area (Å²) < 4.78 is 5.47. The molecule has 0 spiro atoms. The lowest BCUT2D eigenvalue weighted by Gasteiger charge is -2.00. The molecule has 0 unspecified atom stereocenters. The molecule has 0 atom stereocenters. The smallest absolute Gasteiger partial charge is 0.226 e. The average Bonchev–Trinajstić information content (AvgIpc) is 2.50. The second kappa shape index (κ2) is 3.29. The second-order valence-electron chi connectivity index (χ2n) is 3.65. The van der Waals surface area contributed by atoms with Gasteiger partial charge in [0, 0.05) is 5.56 Å². The predicted octanol–water partition coefficient (Wildman–Crippen LogP) is 3.27. The van der Waals surface area contributed by atoms with Crippen molar-refractivity contribution in [2.45, 2.75) is 20.8 Å². The molecule has 2 aromatic rings. The average molecular weight is 187 g/mol. The standard InChI is InChI=1S/C12H13NO/c1-8-4-9(2)6-11(5-8)12-13-7-10(3)14-12/h4-7H,1-3H3. The summed E-state index contributed by atoms with van der Waals surface area (Å²) in [5.41, 5.74) is 3.52. The van der Waals surface area contributed by atoms with E-state index < -0.39 is 0 Å². The molecular weight excluding hydrogens is 174 g/mol. The van der Waals surface area contributed by atoms with Crippen LogP contribution in [0.2, 0.25) is 0 Å². The normalized spacial score (nSPS) is 10.5. The number of hydrogen-bond acceptors (Lipinski definition) is 2. The van der Waals surface area contributed by atoms with Crippen LogP contribution >= 0.6 is 0 Å². The van der Waals surface area contributed by atoms with Gasteiger partial charge in [-0.15, -0.1) is 0 Å². The van der Waals surface area contributed by atoms with Crippen molar-refractivity contribution in [3.05, 3.63) is 41.3 Å². The van der Waals surface area contributed by atoms with E-state index in [1.54, 1.807) is 6.20 Å². The zero-order valence-electron chi connectivity index (χ0n) is 8.66. The van der Waals surface area contributed by atoms with Crippen molar-refractivity contribution >= 4 is 0 Å². The van der Waals surface area contributed by atoms with E-state index in [2.05, 4.69) is 37.0 Å². The van der Waals surface area contributed by atoms with E-state index in [9.17, 15) is 0 Å². The lowest BCUT2D eigenvalue weighted by molar-refractivity contribution is 0.542. The van der Waals surface area contributed by atoms with Crippen LogP contribution in [0.25, 0.3) is 11.5 Å². The van der Waals surface area contributed by atoms with E-state index in [4.69, 9.17) is 4.42 Å². The SMILES string of the molecule is Cc1cc(C)cc(-c2ncc(C)o2)c1. The maximum absolute atomic E-state index is 5.47. The Bertz CT molecular complexity index is 437. The molecule has 1 aromatic heterocycles. The van der Waals surface area contributed by atoms with Crippen molar-refractivity contribution in [3.8, 4) is 11.5 Å². The topological polar surface area (TPSA) is 26.0 Å². The number of nitrogens with zero attached hydrogens (tertiary/aromatic N) is 1. The summed E-state index contributed by atoms with van der Waals surface area (Å²) in [6.45, 7) is 6.05. The van der Waals surface area contributed by atoms with Gasteiger partial charge >= 0.3 is 0 Å². The van der Waals surface area contributed by atoms with Crippen LogP contribution in [-0.4, -0.2) is 4.98 Å². The summed E-state index contributed by atoms with van der Waals surface area (Å²) in [4.78, 5) is 4.20. The first-order chi connectivity index (χ1) is 6.65. The van der Waals surface area contributed by atoms with Gasteiger partial charge in [-0.25, -0.2) is 4.98 Å². The summed E-state index contributed by atoms with van der Waals surface area (Å²) >= 11 is 0. The molecule has 2 heteroatoms. The molecular formula is C12H13NO. The van der Waals surface area contributed by atoms with Gasteiger partial charge in [-0.2, -0.15) is 0 Å². The van der Waals surface area contributed by atoms with Crippen LogP contribution in [-0.2, 0) is 0 Å². The van der Waals surface area contributed by atoms with E-state index in [0.717, 1.165) is 11.3 Å². The Hall–Kier alpha value is -1.57. The van der Waals surface area contributed by atoms with Crippen LogP contribution in [0.1, 0.15) is 16.9 Å². The van der Waals surface area contributed by atoms with E-state index in [-0.39, 0.29) is 0 Å². The summed E-state index contributed by atoms with van der Waals surface area (Å²) in [7, 11) is 0. The van der Waals surface area contributed by atoms with Gasteiger partial charge in [-0.3, -0.25) is 0 Å². The largest absolute Gasteiger partial charge is 0.441 e. The number of hydrogen-bond donors (Lipinski definition) is 0. The van der Waals surface area contributed by atoms with E-state index in [0.29, 0.717) is 5.89 Å². The third kappa shape index (κ3) is 1.69. The molecule has 72 valence electrons. The molecule has 0 bridgehead atoms. The number of aromatic nitrogens is 1. The maximum atomic E-state index is 5.47. The third-order valence-corrected chi connectivity index (χ3v) is 2.09. The Morgan fingerprint density at radius 3 is 2.14 bits per heavy atom. The summed E-state index contributed by atoms with van der Waals surface area (Å²) in [6.07, 6.45) is 1.74. The molecule has 0 aliphatic heterocycles. The molecule has 0 N–H and O–H groups in total. The molecule has 1 heterocycles. The van der Waals surface area contributed by atoms with Crippen molar-refractivity contribution in [3.63, 3.8) is 0 Å². The second-order valence-corrected chi connectivity index (χ2v) is 3.65. The first-order valence-electron chi connectivity index (χ1n) is 4.66. The fourth-order valence-electron chi connectivity index (χ4n) is 1.59. The first-order valence-corrected chi connectivity index (χ1v) is 4.66. The lowest BCUT2D eigenvalue weighted by Crippen LogP contribution is -1.82. The summed E-state index contributed by atoms with van der Waals surface area (Å²) in [5, 5.41) is 0. The first kappa shape index (κ1) is 9.00. The van der Waals surface area contributed by atoms with E-state index >= 15 is 0 Å². The van der Waals surface area contributed by atoms with Crippen LogP contribution in [0.5, 0.6) is 0 Å². The number of rotatable bonds is 1. The molecule has 0 fully saturated rings. The number of aryl methyl sites for hydroxylation is 3. The fraction of sp³-hybridized carbons (Fsp3) is 0.250. The third-order valence-electron chi connectivity index (χ3n) is 2.09. The number of benzene rings is 1. The van der Waals surface area contributed by atoms with Gasteiger partial charge in [-0.1, -0.05) is 17.2 Å². The highest BCUT2D eigenvalue weighted by Crippen LogP contribution is 2.21. The lowest BCUT2D eigenvalue weighted by atomic mass is 10.1. The molecule has 2 nitrogen and oxygen atoms in total. The van der Waals surface area contributed by atoms with Crippen molar-refractivity contribution in [2.75, 3.05) is 0 Å². The van der Waals surface area contributed by atoms with Gasteiger partial charge < -0.3 is 4.42 Å². The van der Waals surface area contributed by atoms with Gasteiger partial charge in [0.2, 0.25) is 5.89 Å². The zero-order valence-corrected chi connectivity index (χ0v) is 8.66. The Morgan fingerprint density at radius 2 is 1.64 bits per heavy atom. The minimum Gasteiger partial charge on any atom is -0.441 e. The monoisotopic (exact) mass is 187 g/mol. The van der Waals surface area contributed by atoms with Crippen molar-refractivity contribution in [2.24, 2.45) is 0 Å². The van der Waals surface area contributed by atoms with E-state index in [1.807, 2.05) is 6.92 Å². The molecule has 0 radical (unpaired) electrons. The van der Waals surface area contributed by atoms with Crippen LogP contribution in [0.15, 0.2) is 28.8 Å². The molecule has 14 heavy (non-hydrogen) atoms. The highest BCUT2D eigenvalue weighted by molar-refractivity contribution is 5.55. The van der Waals surface area contributed by atoms with Crippen LogP contribution in [0, 0.1) is 20.8 Å². The molecule has 2 rings (SSSR count). The minimum absolute atomic E-state index is 0.703. The van der Waals surface area contributed by atoms with Crippen molar-refractivity contribution in [1.82, 2.24) is 4.98 Å². The highest BCUT2D eigenvalue weighted by Gasteiger charge is 2.04. The molecule has 0 saturated carbocycles. The summed E-state index contributed by atoms with van der Waals surface area (Å²) in [6, 6.07) is 6.30. The molecule has 0 amide bonds. The van der Waals surface area contributed by atoms with Gasteiger partial charge in [0.05, 0.1) is 6.20 Å². The Morgan fingerprint density at radius 1 is 1.00 bits per heavy atom. The van der Waals surface area contributed by atoms with Gasteiger partial charge in [0.25, 0.3) is 0 Å². The Balaban J connectivity index is 2.51. The Kier molecular flexibility index (Phi) is 2.12. The minimum atomic E-state index is 0.703. The fourth-order valence-corrected chi connectivity index (χ4v) is 1.59. The predicted molar refractivity (Wildman–Crippen MR) is 56.2 cm³/mol. The highest BCUT2D eigenvalue weighted by atomic mass is 16.4. The maximum Gasteiger partial charge on any atom is 0.226 e. The Labute approximate surface area is 83.6 Å². The van der Waals surface area contributed by atoms with Crippen molar-refractivity contribution in [1.29, 1.82) is 0 Å². The zero-order chi connectivity index (χ0) is 10.1. The van der Waals surface area contributed by atoms with Crippen molar-refractivity contribution < 1.29 is 4.42 Å². The molecule has 0 saturated heterocycles. The molecule has 0 aliphatic carbocycles. The molecule has 0 aliphatic rings. The van der Waals surface area contributed by atoms with E-state index in [1.165, 1.54) is 11.1 Å². The van der Waals surface area contributed by atoms with Crippen LogP contribution < -0.4 is 0 Å². The number of oxazole rings is 1. The van der Waals surface area contributed by atoms with Crippen LogP contribution in [0.3, 0.4) is 0 Å². The summed E-state index contributed by atoms with van der Waals surface area (Å²) in [5.74, 6) is 1.55. The van der Waals surface area contributed by atoms with Gasteiger partial charge in [0.15, 0.2) is 0 Å². The quantitative estimate of drug-likeness (QED) is 0.684.